The van der Waals surface area contributed by atoms with Crippen molar-refractivity contribution in [3.63, 3.8) is 0 Å². The summed E-state index contributed by atoms with van der Waals surface area (Å²) in [6.45, 7) is 3.36. The third kappa shape index (κ3) is 4.04. The highest BCUT2D eigenvalue weighted by molar-refractivity contribution is 5.76. The fourth-order valence-corrected chi connectivity index (χ4v) is 3.49. The van der Waals surface area contributed by atoms with E-state index in [1.165, 1.54) is 18.4 Å². The molecule has 2 fully saturated rings. The van der Waals surface area contributed by atoms with Crippen molar-refractivity contribution in [2.45, 2.75) is 38.4 Å². The van der Waals surface area contributed by atoms with Gasteiger partial charge in [-0.2, -0.15) is 0 Å². The van der Waals surface area contributed by atoms with E-state index in [0.717, 1.165) is 11.3 Å². The molecule has 7 nitrogen and oxygen atoms in total. The molecule has 30 heavy (non-hydrogen) atoms. The predicted octanol–water partition coefficient (Wildman–Crippen LogP) is 4.01. The van der Waals surface area contributed by atoms with Crippen LogP contribution in [0.25, 0.3) is 5.65 Å². The Bertz CT molecular complexity index is 1040. The summed E-state index contributed by atoms with van der Waals surface area (Å²) < 4.78 is 13.1. The van der Waals surface area contributed by atoms with Crippen molar-refractivity contribution < 1.29 is 19.1 Å². The first-order valence-corrected chi connectivity index (χ1v) is 10.4. The highest BCUT2D eigenvalue weighted by atomic mass is 16.7. The molecule has 0 spiro atoms. The van der Waals surface area contributed by atoms with E-state index in [9.17, 15) is 4.79 Å². The smallest absolute Gasteiger partial charge is 0.339 e. The molecule has 1 atom stereocenters. The number of hydrogen-bond acceptors (Lipinski definition) is 6. The number of nitrogens with one attached hydrogen (secondary N) is 1. The van der Waals surface area contributed by atoms with Crippen molar-refractivity contribution in [2.75, 3.05) is 18.7 Å². The van der Waals surface area contributed by atoms with E-state index < -0.39 is 0 Å². The van der Waals surface area contributed by atoms with Crippen molar-refractivity contribution in [3.05, 3.63) is 65.6 Å². The number of ether oxygens (including phenoxy) is 2. The van der Waals surface area contributed by atoms with E-state index in [1.807, 2.05) is 53.9 Å². The number of carbonyl (C=O) groups is 1. The third-order valence-corrected chi connectivity index (χ3v) is 5.63. The maximum absolute atomic E-state index is 12.1. The van der Waals surface area contributed by atoms with E-state index in [1.54, 1.807) is 0 Å². The standard InChI is InChI=1S/C23H25N3O4/c1-15(29-12-16-5-3-2-4-6-16)21-11-26-10-18(17-7-8-17)9-20(22(26)24-21)25-30-23(27)19-13-28-14-19/h2-6,9-11,15,17,19,25H,7-8,12-14H2,1H3. The summed E-state index contributed by atoms with van der Waals surface area (Å²) in [5.74, 6) is 0.0627. The van der Waals surface area contributed by atoms with Crippen molar-refractivity contribution in [3.8, 4) is 0 Å². The lowest BCUT2D eigenvalue weighted by Crippen LogP contribution is -2.36. The molecule has 1 saturated carbocycles. The van der Waals surface area contributed by atoms with E-state index in [2.05, 4.69) is 11.7 Å². The molecule has 1 aromatic carbocycles. The first-order chi connectivity index (χ1) is 14.7. The van der Waals surface area contributed by atoms with Crippen LogP contribution >= 0.6 is 0 Å². The topological polar surface area (TPSA) is 74.1 Å². The zero-order valence-electron chi connectivity index (χ0n) is 16.9. The van der Waals surface area contributed by atoms with Crippen LogP contribution in [0.15, 0.2) is 48.8 Å². The van der Waals surface area contributed by atoms with E-state index >= 15 is 0 Å². The highest BCUT2D eigenvalue weighted by Gasteiger charge is 2.29. The number of carbonyl (C=O) groups excluding carboxylic acids is 1. The van der Waals surface area contributed by atoms with Gasteiger partial charge in [0.05, 0.1) is 31.6 Å². The number of aromatic nitrogens is 2. The monoisotopic (exact) mass is 407 g/mol. The molecule has 0 radical (unpaired) electrons. The van der Waals surface area contributed by atoms with Gasteiger partial charge in [-0.05, 0) is 42.9 Å². The Kier molecular flexibility index (Phi) is 5.14. The number of pyridine rings is 1. The summed E-state index contributed by atoms with van der Waals surface area (Å²) >= 11 is 0. The first-order valence-electron chi connectivity index (χ1n) is 10.4. The van der Waals surface area contributed by atoms with Gasteiger partial charge in [-0.3, -0.25) is 0 Å². The summed E-state index contributed by atoms with van der Waals surface area (Å²) in [7, 11) is 0. The molecule has 7 heteroatoms. The second-order valence-corrected chi connectivity index (χ2v) is 8.05. The molecule has 1 saturated heterocycles. The van der Waals surface area contributed by atoms with Gasteiger partial charge in [0.15, 0.2) is 5.65 Å². The number of nitrogens with zero attached hydrogens (tertiary/aromatic N) is 2. The Labute approximate surface area is 174 Å². The summed E-state index contributed by atoms with van der Waals surface area (Å²) in [5.41, 5.74) is 7.42. The quantitative estimate of drug-likeness (QED) is 0.569. The predicted molar refractivity (Wildman–Crippen MR) is 111 cm³/mol. The van der Waals surface area contributed by atoms with E-state index in [0.29, 0.717) is 37.1 Å². The zero-order valence-corrected chi connectivity index (χ0v) is 16.9. The van der Waals surface area contributed by atoms with Crippen LogP contribution in [-0.2, 0) is 25.7 Å². The molecule has 2 aliphatic rings. The Balaban J connectivity index is 1.35. The fourth-order valence-electron chi connectivity index (χ4n) is 3.49. The first kappa shape index (κ1) is 19.1. The molecule has 1 unspecified atom stereocenters. The summed E-state index contributed by atoms with van der Waals surface area (Å²) in [6.07, 6.45) is 6.30. The second-order valence-electron chi connectivity index (χ2n) is 8.05. The van der Waals surface area contributed by atoms with Crippen molar-refractivity contribution >= 4 is 17.3 Å². The van der Waals surface area contributed by atoms with Crippen LogP contribution in [0.1, 0.15) is 48.6 Å². The minimum atomic E-state index is -0.303. The molecular formula is C23H25N3O4. The van der Waals surface area contributed by atoms with Crippen LogP contribution in [0.5, 0.6) is 0 Å². The molecule has 0 amide bonds. The molecule has 5 rings (SSSR count). The third-order valence-electron chi connectivity index (χ3n) is 5.63. The Morgan fingerprint density at radius 2 is 2.07 bits per heavy atom. The van der Waals surface area contributed by atoms with Crippen LogP contribution in [0, 0.1) is 5.92 Å². The van der Waals surface area contributed by atoms with Gasteiger partial charge in [-0.25, -0.2) is 15.3 Å². The minimum absolute atomic E-state index is 0.169. The second kappa shape index (κ2) is 8.08. The van der Waals surface area contributed by atoms with Gasteiger partial charge in [0.25, 0.3) is 0 Å². The Hall–Kier alpha value is -2.90. The largest absolute Gasteiger partial charge is 0.379 e. The van der Waals surface area contributed by atoms with Crippen LogP contribution in [0.3, 0.4) is 0 Å². The highest BCUT2D eigenvalue weighted by Crippen LogP contribution is 2.41. The summed E-state index contributed by atoms with van der Waals surface area (Å²) in [5, 5.41) is 0. The Morgan fingerprint density at radius 1 is 1.27 bits per heavy atom. The SMILES string of the molecule is CC(OCc1ccccc1)c1cn2cc(C3CC3)cc(NOC(=O)C3COC3)c2n1. The van der Waals surface area contributed by atoms with Crippen LogP contribution in [0.4, 0.5) is 5.69 Å². The van der Waals surface area contributed by atoms with Crippen molar-refractivity contribution in [1.82, 2.24) is 9.38 Å². The number of hydrogen-bond donors (Lipinski definition) is 1. The number of imidazole rings is 1. The molecule has 3 aromatic rings. The van der Waals surface area contributed by atoms with Gasteiger partial charge in [-0.15, -0.1) is 0 Å². The minimum Gasteiger partial charge on any atom is -0.379 e. The van der Waals surface area contributed by atoms with E-state index in [-0.39, 0.29) is 18.0 Å². The number of fused-ring (bicyclic) bond motifs is 1. The number of anilines is 1. The average molecular weight is 407 g/mol. The zero-order chi connectivity index (χ0) is 20.5. The van der Waals surface area contributed by atoms with Crippen LogP contribution < -0.4 is 5.48 Å². The Morgan fingerprint density at radius 3 is 2.77 bits per heavy atom. The number of rotatable bonds is 8. The number of benzene rings is 1. The van der Waals surface area contributed by atoms with Crippen LogP contribution in [0.2, 0.25) is 0 Å². The summed E-state index contributed by atoms with van der Waals surface area (Å²) in [4.78, 5) is 22.2. The molecule has 0 bridgehead atoms. The molecule has 156 valence electrons. The maximum Gasteiger partial charge on any atom is 0.339 e. The normalized spacial score (nSPS) is 17.5. The van der Waals surface area contributed by atoms with E-state index in [4.69, 9.17) is 19.3 Å². The molecular weight excluding hydrogens is 382 g/mol. The van der Waals surface area contributed by atoms with Crippen molar-refractivity contribution in [1.29, 1.82) is 0 Å². The van der Waals surface area contributed by atoms with Gasteiger partial charge in [-0.1, -0.05) is 30.3 Å². The van der Waals surface area contributed by atoms with Gasteiger partial charge in [0.1, 0.15) is 11.6 Å². The van der Waals surface area contributed by atoms with Gasteiger partial charge in [0, 0.05) is 12.4 Å². The lowest BCUT2D eigenvalue weighted by atomic mass is 10.1. The molecule has 1 aliphatic carbocycles. The van der Waals surface area contributed by atoms with Crippen LogP contribution in [-0.4, -0.2) is 28.6 Å². The summed E-state index contributed by atoms with van der Waals surface area (Å²) in [6, 6.07) is 12.1. The molecule has 2 aromatic heterocycles. The van der Waals surface area contributed by atoms with Crippen molar-refractivity contribution in [2.24, 2.45) is 5.92 Å². The van der Waals surface area contributed by atoms with Gasteiger partial charge in [0.2, 0.25) is 0 Å². The fraction of sp³-hybridized carbons (Fsp3) is 0.391. The van der Waals surface area contributed by atoms with Gasteiger partial charge < -0.3 is 18.7 Å². The van der Waals surface area contributed by atoms with Gasteiger partial charge >= 0.3 is 5.97 Å². The lowest BCUT2D eigenvalue weighted by molar-refractivity contribution is -0.160. The average Bonchev–Trinajstić information content (AvgIpc) is 3.48. The molecule has 1 aliphatic heterocycles. The lowest BCUT2D eigenvalue weighted by Gasteiger charge is -2.23. The maximum atomic E-state index is 12.1. The molecule has 1 N–H and O–H groups in total. The molecule has 3 heterocycles.